The number of rotatable bonds is 13. The fourth-order valence-corrected chi connectivity index (χ4v) is 1.89. The molecule has 0 fully saturated rings. The first-order valence-corrected chi connectivity index (χ1v) is 7.64. The van der Waals surface area contributed by atoms with Crippen molar-refractivity contribution in [3.8, 4) is 0 Å². The topological polar surface area (TPSA) is 60.0 Å². The van der Waals surface area contributed by atoms with Crippen LogP contribution in [0, 0.1) is 0 Å². The van der Waals surface area contributed by atoms with Crippen LogP contribution in [-0.4, -0.2) is 63.5 Å². The maximum Gasteiger partial charge on any atom is 0.130 e. The van der Waals surface area contributed by atoms with Crippen LogP contribution in [0.1, 0.15) is 26.7 Å². The minimum Gasteiger partial charge on any atom is -0.379 e. The van der Waals surface area contributed by atoms with Crippen molar-refractivity contribution in [2.45, 2.75) is 26.7 Å². The molecule has 0 bridgehead atoms. The number of nitrogens with one attached hydrogen (secondary N) is 1. The third-order valence-corrected chi connectivity index (χ3v) is 3.07. The van der Waals surface area contributed by atoms with Crippen LogP contribution in [0.5, 0.6) is 0 Å². The van der Waals surface area contributed by atoms with E-state index in [1.54, 1.807) is 6.92 Å². The number of carbonyl (C=O) groups excluding carboxylic acids is 1. The monoisotopic (exact) mass is 300 g/mol. The molecule has 0 saturated heterocycles. The van der Waals surface area contributed by atoms with E-state index in [0.717, 1.165) is 26.1 Å². The summed E-state index contributed by atoms with van der Waals surface area (Å²) in [7, 11) is 0. The smallest absolute Gasteiger partial charge is 0.130 e. The Morgan fingerprint density at radius 2 is 1.86 bits per heavy atom. The number of Topliss-reactive ketones (excluding diaryl/α,β-unsaturated/α-hetero) is 1. The Labute approximate surface area is 127 Å². The molecule has 0 aromatic carbocycles. The van der Waals surface area contributed by atoms with Gasteiger partial charge in [-0.1, -0.05) is 0 Å². The molecule has 0 radical (unpaired) electrons. The Hall–Kier alpha value is -0.950. The molecule has 1 aliphatic heterocycles. The highest BCUT2D eigenvalue weighted by atomic mass is 16.5. The second kappa shape index (κ2) is 11.7. The lowest BCUT2D eigenvalue weighted by molar-refractivity contribution is -0.116. The molecule has 0 aromatic rings. The van der Waals surface area contributed by atoms with Gasteiger partial charge < -0.3 is 24.0 Å². The summed E-state index contributed by atoms with van der Waals surface area (Å²) >= 11 is 0. The molecule has 0 atom stereocenters. The number of hydrazine groups is 1. The van der Waals surface area contributed by atoms with Crippen molar-refractivity contribution >= 4 is 5.78 Å². The average molecular weight is 300 g/mol. The summed E-state index contributed by atoms with van der Waals surface area (Å²) in [5.41, 5.74) is 4.53. The van der Waals surface area contributed by atoms with Gasteiger partial charge in [0.05, 0.1) is 39.6 Å². The Kier molecular flexibility index (Phi) is 10.1. The molecular formula is C15H28N2O4. The Morgan fingerprint density at radius 3 is 2.52 bits per heavy atom. The van der Waals surface area contributed by atoms with Crippen LogP contribution in [0.2, 0.25) is 0 Å². The van der Waals surface area contributed by atoms with Crippen molar-refractivity contribution in [2.75, 3.05) is 52.7 Å². The van der Waals surface area contributed by atoms with Crippen LogP contribution in [0.4, 0.5) is 0 Å². The van der Waals surface area contributed by atoms with E-state index in [1.807, 2.05) is 11.9 Å². The molecule has 21 heavy (non-hydrogen) atoms. The molecule has 1 N–H and O–H groups in total. The molecule has 0 aromatic heterocycles. The standard InChI is InChI=1S/C15H28N2O4/c1-3-19-8-9-21-11-10-20-7-6-17-13-15(12-16-17)5-4-14(2)18/h13,16H,3-12H2,1-2H3. The van der Waals surface area contributed by atoms with Crippen LogP contribution in [0.15, 0.2) is 11.8 Å². The highest BCUT2D eigenvalue weighted by Crippen LogP contribution is 2.10. The summed E-state index contributed by atoms with van der Waals surface area (Å²) in [6.45, 7) is 9.05. The predicted molar refractivity (Wildman–Crippen MR) is 80.8 cm³/mol. The zero-order valence-electron chi connectivity index (χ0n) is 13.2. The molecule has 122 valence electrons. The molecule has 6 heteroatoms. The van der Waals surface area contributed by atoms with Crippen molar-refractivity contribution in [2.24, 2.45) is 0 Å². The molecule has 0 amide bonds. The first-order chi connectivity index (χ1) is 10.2. The van der Waals surface area contributed by atoms with Gasteiger partial charge in [-0.2, -0.15) is 0 Å². The third kappa shape index (κ3) is 9.57. The van der Waals surface area contributed by atoms with Crippen LogP contribution in [0.3, 0.4) is 0 Å². The molecule has 0 aliphatic carbocycles. The van der Waals surface area contributed by atoms with E-state index in [2.05, 4.69) is 11.6 Å². The fraction of sp³-hybridized carbons (Fsp3) is 0.800. The number of nitrogens with zero attached hydrogens (tertiary/aromatic N) is 1. The maximum atomic E-state index is 10.9. The lowest BCUT2D eigenvalue weighted by Crippen LogP contribution is -2.32. The highest BCUT2D eigenvalue weighted by molar-refractivity contribution is 5.75. The van der Waals surface area contributed by atoms with Crippen molar-refractivity contribution in [3.05, 3.63) is 11.8 Å². The minimum absolute atomic E-state index is 0.238. The van der Waals surface area contributed by atoms with E-state index in [-0.39, 0.29) is 5.78 Å². The summed E-state index contributed by atoms with van der Waals surface area (Å²) < 4.78 is 16.0. The second-order valence-corrected chi connectivity index (χ2v) is 4.94. The van der Waals surface area contributed by atoms with Gasteiger partial charge in [-0.3, -0.25) is 0 Å². The predicted octanol–water partition coefficient (Wildman–Crippen LogP) is 1.13. The molecule has 1 aliphatic rings. The largest absolute Gasteiger partial charge is 0.379 e. The zero-order valence-corrected chi connectivity index (χ0v) is 13.2. The van der Waals surface area contributed by atoms with Crippen LogP contribution in [-0.2, 0) is 19.0 Å². The van der Waals surface area contributed by atoms with Gasteiger partial charge in [0.1, 0.15) is 5.78 Å². The number of ether oxygens (including phenoxy) is 3. The molecule has 1 heterocycles. The maximum absolute atomic E-state index is 10.9. The van der Waals surface area contributed by atoms with Gasteiger partial charge in [-0.15, -0.1) is 0 Å². The second-order valence-electron chi connectivity index (χ2n) is 4.94. The van der Waals surface area contributed by atoms with E-state index in [0.29, 0.717) is 39.5 Å². The van der Waals surface area contributed by atoms with Gasteiger partial charge in [-0.25, -0.2) is 5.43 Å². The van der Waals surface area contributed by atoms with E-state index in [9.17, 15) is 4.79 Å². The highest BCUT2D eigenvalue weighted by Gasteiger charge is 2.11. The number of carbonyl (C=O) groups is 1. The average Bonchev–Trinajstić information content (AvgIpc) is 2.91. The Balaban J connectivity index is 1.93. The summed E-state index contributed by atoms with van der Waals surface area (Å²) in [5, 5.41) is 2.02. The van der Waals surface area contributed by atoms with E-state index in [1.165, 1.54) is 5.57 Å². The van der Waals surface area contributed by atoms with Gasteiger partial charge in [-0.05, 0) is 25.8 Å². The molecule has 0 spiro atoms. The summed E-state index contributed by atoms with van der Waals surface area (Å²) in [5.74, 6) is 0.238. The van der Waals surface area contributed by atoms with Gasteiger partial charge >= 0.3 is 0 Å². The van der Waals surface area contributed by atoms with Gasteiger partial charge in [0.15, 0.2) is 0 Å². The lowest BCUT2D eigenvalue weighted by Gasteiger charge is -2.15. The van der Waals surface area contributed by atoms with Crippen molar-refractivity contribution in [1.82, 2.24) is 10.4 Å². The molecule has 0 unspecified atom stereocenters. The SMILES string of the molecule is CCOCCOCCOCCN1C=C(CCC(C)=O)CN1. The first kappa shape index (κ1) is 18.1. The summed E-state index contributed by atoms with van der Waals surface area (Å²) in [6.07, 6.45) is 3.54. The molecular weight excluding hydrogens is 272 g/mol. The van der Waals surface area contributed by atoms with E-state index < -0.39 is 0 Å². The van der Waals surface area contributed by atoms with Crippen LogP contribution in [0.25, 0.3) is 0 Å². The van der Waals surface area contributed by atoms with Crippen molar-refractivity contribution in [3.63, 3.8) is 0 Å². The molecule has 0 saturated carbocycles. The van der Waals surface area contributed by atoms with Gasteiger partial charge in [0.2, 0.25) is 0 Å². The lowest BCUT2D eigenvalue weighted by atomic mass is 10.1. The Bertz CT molecular complexity index is 321. The third-order valence-electron chi connectivity index (χ3n) is 3.07. The van der Waals surface area contributed by atoms with Crippen molar-refractivity contribution < 1.29 is 19.0 Å². The van der Waals surface area contributed by atoms with E-state index in [4.69, 9.17) is 14.2 Å². The fourth-order valence-electron chi connectivity index (χ4n) is 1.89. The zero-order chi connectivity index (χ0) is 15.3. The van der Waals surface area contributed by atoms with Crippen LogP contribution >= 0.6 is 0 Å². The Morgan fingerprint density at radius 1 is 1.19 bits per heavy atom. The number of hydrogen-bond donors (Lipinski definition) is 1. The number of ketones is 1. The molecule has 6 nitrogen and oxygen atoms in total. The summed E-state index contributed by atoms with van der Waals surface area (Å²) in [6, 6.07) is 0. The van der Waals surface area contributed by atoms with Crippen LogP contribution < -0.4 is 5.43 Å². The quantitative estimate of drug-likeness (QED) is 0.515. The van der Waals surface area contributed by atoms with Crippen molar-refractivity contribution in [1.29, 1.82) is 0 Å². The number of hydrogen-bond acceptors (Lipinski definition) is 6. The van der Waals surface area contributed by atoms with Gasteiger partial charge in [0, 0.05) is 25.8 Å². The van der Waals surface area contributed by atoms with E-state index >= 15 is 0 Å². The molecule has 1 rings (SSSR count). The summed E-state index contributed by atoms with van der Waals surface area (Å²) in [4.78, 5) is 10.9. The first-order valence-electron chi connectivity index (χ1n) is 7.64. The van der Waals surface area contributed by atoms with Gasteiger partial charge in [0.25, 0.3) is 0 Å². The normalized spacial score (nSPS) is 14.6. The minimum atomic E-state index is 0.238.